The van der Waals surface area contributed by atoms with E-state index in [1.165, 1.54) is 6.55 Å². The molecule has 1 fully saturated rings. The minimum atomic E-state index is -2.99. The van der Waals surface area contributed by atoms with Crippen LogP contribution in [0.5, 0.6) is 0 Å². The molecule has 0 aromatic heterocycles. The lowest BCUT2D eigenvalue weighted by molar-refractivity contribution is 0.0281. The molecule has 19 heavy (non-hydrogen) atoms. The smallest absolute Gasteiger partial charge is 0.407 e. The maximum absolute atomic E-state index is 11.3. The molecule has 0 aromatic rings. The number of carbonyl (C=O) groups excluding carboxylic acids is 1. The molecule has 3 N–H and O–H groups in total. The van der Waals surface area contributed by atoms with E-state index in [1.54, 1.807) is 0 Å². The minimum absolute atomic E-state index is 0.348. The van der Waals surface area contributed by atoms with Crippen LogP contribution >= 0.6 is 0 Å². The summed E-state index contributed by atoms with van der Waals surface area (Å²) in [7, 11) is -2.99. The fourth-order valence-electron chi connectivity index (χ4n) is 1.76. The van der Waals surface area contributed by atoms with E-state index in [1.807, 2.05) is 0 Å². The fraction of sp³-hybridized carbons (Fsp3) is 0.909. The van der Waals surface area contributed by atoms with Crippen LogP contribution in [-0.4, -0.2) is 75.1 Å². The Morgan fingerprint density at radius 2 is 2.11 bits per heavy atom. The molecule has 0 bridgehead atoms. The summed E-state index contributed by atoms with van der Waals surface area (Å²) < 4.78 is 10.3. The third-order valence-electron chi connectivity index (χ3n) is 2.84. The molecule has 0 spiro atoms. The minimum Gasteiger partial charge on any atom is -0.448 e. The number of alkyl carbamates (subject to hydrolysis) is 1. The number of ether oxygens (including phenoxy) is 2. The average Bonchev–Trinajstić information content (AvgIpc) is 2.35. The van der Waals surface area contributed by atoms with Crippen LogP contribution < -0.4 is 5.32 Å². The van der Waals surface area contributed by atoms with Gasteiger partial charge in [0.2, 0.25) is 0 Å². The zero-order chi connectivity index (χ0) is 14.1. The van der Waals surface area contributed by atoms with E-state index in [2.05, 4.69) is 10.2 Å². The van der Waals surface area contributed by atoms with E-state index in [9.17, 15) is 14.4 Å². The van der Waals surface area contributed by atoms with Crippen molar-refractivity contribution < 1.29 is 23.9 Å². The van der Waals surface area contributed by atoms with Crippen LogP contribution in [0.1, 0.15) is 6.42 Å². The van der Waals surface area contributed by atoms with Gasteiger partial charge in [0.25, 0.3) is 0 Å². The first kappa shape index (κ1) is 16.4. The van der Waals surface area contributed by atoms with E-state index in [4.69, 9.17) is 9.47 Å². The summed E-state index contributed by atoms with van der Waals surface area (Å²) in [6.07, 6.45) is 0.0985. The number of amides is 1. The highest BCUT2D eigenvalue weighted by atomic mass is 28.4. The number of rotatable bonds is 7. The lowest BCUT2D eigenvalue weighted by Gasteiger charge is -2.26. The maximum atomic E-state index is 11.3. The van der Waals surface area contributed by atoms with E-state index in [-0.39, 0.29) is 0 Å². The second-order valence-electron chi connectivity index (χ2n) is 4.84. The molecule has 0 aliphatic carbocycles. The normalized spacial score (nSPS) is 17.2. The van der Waals surface area contributed by atoms with Gasteiger partial charge in [-0.1, -0.05) is 0 Å². The molecular weight excluding hydrogens is 268 g/mol. The van der Waals surface area contributed by atoms with Crippen LogP contribution in [-0.2, 0) is 9.47 Å². The third-order valence-corrected chi connectivity index (χ3v) is 4.14. The maximum Gasteiger partial charge on any atom is 0.407 e. The van der Waals surface area contributed by atoms with Crippen molar-refractivity contribution in [1.82, 2.24) is 10.2 Å². The van der Waals surface area contributed by atoms with Crippen molar-refractivity contribution in [3.63, 3.8) is 0 Å². The third kappa shape index (κ3) is 8.95. The molecule has 0 unspecified atom stereocenters. The van der Waals surface area contributed by atoms with Gasteiger partial charge in [-0.3, -0.25) is 4.90 Å². The molecule has 1 aliphatic rings. The van der Waals surface area contributed by atoms with Gasteiger partial charge in [-0.2, -0.15) is 0 Å². The van der Waals surface area contributed by atoms with Crippen molar-refractivity contribution in [3.05, 3.63) is 0 Å². The van der Waals surface area contributed by atoms with Crippen LogP contribution in [0.3, 0.4) is 0 Å². The van der Waals surface area contributed by atoms with Crippen LogP contribution in [0.4, 0.5) is 4.79 Å². The number of hydrogen-bond acceptors (Lipinski definition) is 6. The lowest BCUT2D eigenvalue weighted by atomic mass is 10.4. The Morgan fingerprint density at radius 1 is 1.42 bits per heavy atom. The Kier molecular flexibility index (Phi) is 7.32. The summed E-state index contributed by atoms with van der Waals surface area (Å²) in [6.45, 7) is 6.15. The van der Waals surface area contributed by atoms with Gasteiger partial charge in [0.05, 0.1) is 13.2 Å². The Balaban J connectivity index is 1.95. The predicted molar refractivity (Wildman–Crippen MR) is 72.1 cm³/mol. The van der Waals surface area contributed by atoms with E-state index in [0.717, 1.165) is 32.8 Å². The van der Waals surface area contributed by atoms with Crippen molar-refractivity contribution in [2.24, 2.45) is 0 Å². The summed E-state index contributed by atoms with van der Waals surface area (Å²) in [5, 5.41) is 2.59. The van der Waals surface area contributed by atoms with E-state index in [0.29, 0.717) is 25.6 Å². The summed E-state index contributed by atoms with van der Waals surface area (Å²) in [6, 6.07) is 0.348. The van der Waals surface area contributed by atoms with E-state index >= 15 is 0 Å². The number of nitrogens with one attached hydrogen (secondary N) is 1. The highest BCUT2D eigenvalue weighted by Crippen LogP contribution is 2.02. The monoisotopic (exact) mass is 292 g/mol. The second-order valence-corrected chi connectivity index (χ2v) is 7.77. The van der Waals surface area contributed by atoms with Gasteiger partial charge >= 0.3 is 14.7 Å². The van der Waals surface area contributed by atoms with Gasteiger partial charge in [0, 0.05) is 26.2 Å². The van der Waals surface area contributed by atoms with Crippen molar-refractivity contribution in [2.75, 3.05) is 46.0 Å². The van der Waals surface area contributed by atoms with E-state index < -0.39 is 14.7 Å². The first-order valence-electron chi connectivity index (χ1n) is 6.63. The number of morpholine rings is 1. The highest BCUT2D eigenvalue weighted by molar-refractivity contribution is 6.63. The van der Waals surface area contributed by atoms with Crippen molar-refractivity contribution in [2.45, 2.75) is 19.0 Å². The van der Waals surface area contributed by atoms with Crippen LogP contribution in [0.2, 0.25) is 12.6 Å². The summed E-state index contributed by atoms with van der Waals surface area (Å²) >= 11 is 0. The second kappa shape index (κ2) is 8.49. The van der Waals surface area contributed by atoms with Crippen molar-refractivity contribution >= 4 is 14.7 Å². The molecule has 112 valence electrons. The number of nitrogens with zero attached hydrogens (tertiary/aromatic N) is 1. The molecular formula is C11H24N2O5Si. The largest absolute Gasteiger partial charge is 0.448 e. The summed E-state index contributed by atoms with van der Waals surface area (Å²) in [5.74, 6) is 0. The first-order chi connectivity index (χ1) is 8.97. The van der Waals surface area contributed by atoms with Gasteiger partial charge in [-0.05, 0) is 19.0 Å². The van der Waals surface area contributed by atoms with Gasteiger partial charge in [0.1, 0.15) is 6.61 Å². The number of carbonyl (C=O) groups is 1. The molecule has 0 atom stereocenters. The average molecular weight is 292 g/mol. The number of hydrogen-bond donors (Lipinski definition) is 3. The molecule has 8 heteroatoms. The summed E-state index contributed by atoms with van der Waals surface area (Å²) in [5.41, 5.74) is 0. The SMILES string of the molecule is C[Si](O)(O)CCCNC(=O)OCCN1CCOCC1. The Hall–Kier alpha value is -0.673. The quantitative estimate of drug-likeness (QED) is 0.432. The van der Waals surface area contributed by atoms with Crippen LogP contribution in [0, 0.1) is 0 Å². The zero-order valence-electron chi connectivity index (χ0n) is 11.4. The topological polar surface area (TPSA) is 91.3 Å². The predicted octanol–water partition coefficient (Wildman–Crippen LogP) is -0.508. The molecule has 1 saturated heterocycles. The molecule has 0 aromatic carbocycles. The molecule has 1 rings (SSSR count). The molecule has 0 radical (unpaired) electrons. The molecule has 7 nitrogen and oxygen atoms in total. The van der Waals surface area contributed by atoms with Crippen molar-refractivity contribution in [1.29, 1.82) is 0 Å². The van der Waals surface area contributed by atoms with Gasteiger partial charge in [-0.25, -0.2) is 4.79 Å². The van der Waals surface area contributed by atoms with Gasteiger partial charge in [0.15, 0.2) is 0 Å². The Bertz CT molecular complexity index is 266. The standard InChI is InChI=1S/C11H24N2O5Si/c1-19(15,16)10-2-3-12-11(14)18-9-6-13-4-7-17-8-5-13/h15-16H,2-10H2,1H3,(H,12,14). The molecule has 1 amide bonds. The molecule has 0 saturated carbocycles. The Labute approximate surface area is 114 Å². The van der Waals surface area contributed by atoms with Crippen molar-refractivity contribution in [3.8, 4) is 0 Å². The first-order valence-corrected chi connectivity index (χ1v) is 9.23. The molecule has 1 heterocycles. The summed E-state index contributed by atoms with van der Waals surface area (Å²) in [4.78, 5) is 31.9. The Morgan fingerprint density at radius 3 is 2.74 bits per heavy atom. The van der Waals surface area contributed by atoms with Gasteiger partial charge in [-0.15, -0.1) is 0 Å². The highest BCUT2D eigenvalue weighted by Gasteiger charge is 2.20. The van der Waals surface area contributed by atoms with Crippen LogP contribution in [0.15, 0.2) is 0 Å². The zero-order valence-corrected chi connectivity index (χ0v) is 12.4. The van der Waals surface area contributed by atoms with Crippen LogP contribution in [0.25, 0.3) is 0 Å². The molecule has 1 aliphatic heterocycles. The lowest BCUT2D eigenvalue weighted by Crippen LogP contribution is -2.39. The fourth-order valence-corrected chi connectivity index (χ4v) is 2.60. The van der Waals surface area contributed by atoms with Gasteiger partial charge < -0.3 is 24.4 Å².